The molecule has 3 N–H and O–H groups in total. The summed E-state index contributed by atoms with van der Waals surface area (Å²) in [7, 11) is 0. The highest BCUT2D eigenvalue weighted by Crippen LogP contribution is 2.09. The molecular weight excluding hydrogens is 494 g/mol. The summed E-state index contributed by atoms with van der Waals surface area (Å²) in [5, 5.41) is 7.94. The second-order valence-electron chi connectivity index (χ2n) is 9.53. The van der Waals surface area contributed by atoms with Gasteiger partial charge in [-0.2, -0.15) is 0 Å². The third kappa shape index (κ3) is 9.74. The quantitative estimate of drug-likeness (QED) is 0.293. The number of alkyl carbamates (subject to hydrolysis) is 1. The molecule has 0 radical (unpaired) electrons. The zero-order chi connectivity index (χ0) is 28.0. The average molecular weight is 530 g/mol. The van der Waals surface area contributed by atoms with Crippen LogP contribution in [0.25, 0.3) is 0 Å². The average Bonchev–Trinajstić information content (AvgIpc) is 2.95. The van der Waals surface area contributed by atoms with Gasteiger partial charge in [0.2, 0.25) is 11.7 Å². The van der Waals surface area contributed by atoms with Gasteiger partial charge >= 0.3 is 6.09 Å². The molecule has 2 atom stereocenters. The van der Waals surface area contributed by atoms with Crippen LogP contribution in [0.5, 0.6) is 0 Å². The first-order valence-corrected chi connectivity index (χ1v) is 13.0. The lowest BCUT2D eigenvalue weighted by Gasteiger charge is -2.24. The smallest absolute Gasteiger partial charge is 0.408 e. The van der Waals surface area contributed by atoms with E-state index in [0.29, 0.717) is 13.0 Å². The molecule has 0 spiro atoms. The van der Waals surface area contributed by atoms with E-state index in [-0.39, 0.29) is 18.9 Å². The summed E-state index contributed by atoms with van der Waals surface area (Å²) in [5.74, 6) is -2.44. The molecule has 3 rings (SSSR count). The Bertz CT molecular complexity index is 1220. The van der Waals surface area contributed by atoms with Crippen LogP contribution in [0.1, 0.15) is 30.5 Å². The second-order valence-corrected chi connectivity index (χ2v) is 9.53. The van der Waals surface area contributed by atoms with Crippen molar-refractivity contribution >= 4 is 23.7 Å². The molecule has 0 fully saturated rings. The Hall–Kier alpha value is -4.46. The van der Waals surface area contributed by atoms with Gasteiger partial charge in [0.15, 0.2) is 0 Å². The van der Waals surface area contributed by atoms with Crippen molar-refractivity contribution in [1.82, 2.24) is 16.0 Å². The summed E-state index contributed by atoms with van der Waals surface area (Å²) in [5.41, 5.74) is 2.65. The van der Waals surface area contributed by atoms with Crippen LogP contribution in [0.15, 0.2) is 91.0 Å². The van der Waals surface area contributed by atoms with E-state index in [1.807, 2.05) is 91.0 Å². The molecule has 8 heteroatoms. The normalized spacial score (nSPS) is 12.2. The van der Waals surface area contributed by atoms with Gasteiger partial charge in [0.05, 0.1) is 6.04 Å². The molecule has 0 saturated carbocycles. The summed E-state index contributed by atoms with van der Waals surface area (Å²) in [6.45, 7) is 3.82. The molecule has 0 unspecified atom stereocenters. The Morgan fingerprint density at radius 2 is 1.26 bits per heavy atom. The van der Waals surface area contributed by atoms with Crippen LogP contribution in [-0.2, 0) is 38.6 Å². The number of Topliss-reactive ketones (excluding diaryl/α,β-unsaturated/α-hetero) is 1. The Labute approximate surface area is 229 Å². The Kier molecular flexibility index (Phi) is 11.2. The summed E-state index contributed by atoms with van der Waals surface area (Å²) in [4.78, 5) is 51.5. The maximum absolute atomic E-state index is 13.3. The lowest BCUT2D eigenvalue weighted by Crippen LogP contribution is -2.56. The van der Waals surface area contributed by atoms with Crippen LogP contribution in [-0.4, -0.2) is 42.3 Å². The molecule has 39 heavy (non-hydrogen) atoms. The molecular formula is C31H35N3O5. The lowest BCUT2D eigenvalue weighted by atomic mass is 9.97. The highest BCUT2D eigenvalue weighted by Gasteiger charge is 2.32. The molecule has 8 nitrogen and oxygen atoms in total. The van der Waals surface area contributed by atoms with Crippen molar-refractivity contribution in [2.24, 2.45) is 5.92 Å². The minimum Gasteiger partial charge on any atom is -0.445 e. The number of benzene rings is 3. The van der Waals surface area contributed by atoms with E-state index < -0.39 is 35.8 Å². The Balaban J connectivity index is 1.63. The van der Waals surface area contributed by atoms with Crippen LogP contribution < -0.4 is 16.0 Å². The van der Waals surface area contributed by atoms with Crippen molar-refractivity contribution in [1.29, 1.82) is 0 Å². The number of nitrogens with one attached hydrogen (secondary N) is 3. The predicted octanol–water partition coefficient (Wildman–Crippen LogP) is 3.59. The van der Waals surface area contributed by atoms with Gasteiger partial charge < -0.3 is 20.7 Å². The summed E-state index contributed by atoms with van der Waals surface area (Å²) < 4.78 is 5.30. The van der Waals surface area contributed by atoms with Crippen LogP contribution in [0, 0.1) is 5.92 Å². The zero-order valence-electron chi connectivity index (χ0n) is 22.3. The van der Waals surface area contributed by atoms with Crippen molar-refractivity contribution in [3.8, 4) is 0 Å². The third-order valence-corrected chi connectivity index (χ3v) is 6.12. The standard InChI is InChI=1S/C31H35N3O5/c1-22(2)27(28(35)30(37)32-19-18-23-12-6-3-7-13-23)34-29(36)26(20-24-14-8-4-9-15-24)33-31(38)39-21-25-16-10-5-11-17-25/h3-17,22,26-27H,18-21H2,1-2H3,(H,32,37)(H,33,38)(H,34,36)/t26-,27-/m0/s1. The predicted molar refractivity (Wildman–Crippen MR) is 149 cm³/mol. The van der Waals surface area contributed by atoms with Gasteiger partial charge in [-0.05, 0) is 29.0 Å². The van der Waals surface area contributed by atoms with Crippen LogP contribution in [0.2, 0.25) is 0 Å². The van der Waals surface area contributed by atoms with Gasteiger partial charge in [0, 0.05) is 13.0 Å². The highest BCUT2D eigenvalue weighted by atomic mass is 16.5. The van der Waals surface area contributed by atoms with E-state index in [9.17, 15) is 19.2 Å². The molecule has 3 amide bonds. The summed E-state index contributed by atoms with van der Waals surface area (Å²) in [6.07, 6.45) is -0.0109. The van der Waals surface area contributed by atoms with Crippen molar-refractivity contribution in [2.45, 2.75) is 45.4 Å². The lowest BCUT2D eigenvalue weighted by molar-refractivity contribution is -0.141. The summed E-state index contributed by atoms with van der Waals surface area (Å²) in [6, 6.07) is 25.9. The monoisotopic (exact) mass is 529 g/mol. The van der Waals surface area contributed by atoms with Gasteiger partial charge in [0.25, 0.3) is 5.91 Å². The number of ether oxygens (including phenoxy) is 1. The van der Waals surface area contributed by atoms with E-state index in [1.54, 1.807) is 13.8 Å². The van der Waals surface area contributed by atoms with Crippen LogP contribution in [0.3, 0.4) is 0 Å². The van der Waals surface area contributed by atoms with E-state index >= 15 is 0 Å². The molecule has 0 aliphatic heterocycles. The fourth-order valence-electron chi connectivity index (χ4n) is 3.95. The highest BCUT2D eigenvalue weighted by molar-refractivity contribution is 6.38. The van der Waals surface area contributed by atoms with Crippen LogP contribution >= 0.6 is 0 Å². The third-order valence-electron chi connectivity index (χ3n) is 6.12. The number of rotatable bonds is 13. The first-order valence-electron chi connectivity index (χ1n) is 13.0. The molecule has 3 aromatic carbocycles. The maximum Gasteiger partial charge on any atom is 0.408 e. The molecule has 0 bridgehead atoms. The topological polar surface area (TPSA) is 114 Å². The van der Waals surface area contributed by atoms with E-state index in [2.05, 4.69) is 16.0 Å². The van der Waals surface area contributed by atoms with Gasteiger partial charge in [-0.1, -0.05) is 105 Å². The minimum atomic E-state index is -1.06. The fraction of sp³-hybridized carbons (Fsp3) is 0.290. The van der Waals surface area contributed by atoms with Gasteiger partial charge in [-0.15, -0.1) is 0 Å². The minimum absolute atomic E-state index is 0.0443. The van der Waals surface area contributed by atoms with Gasteiger partial charge in [-0.25, -0.2) is 4.79 Å². The number of ketones is 1. The first-order chi connectivity index (χ1) is 18.8. The molecule has 0 aliphatic carbocycles. The van der Waals surface area contributed by atoms with Crippen molar-refractivity contribution in [3.63, 3.8) is 0 Å². The molecule has 0 saturated heterocycles. The Morgan fingerprint density at radius 1 is 0.718 bits per heavy atom. The Morgan fingerprint density at radius 3 is 1.82 bits per heavy atom. The first kappa shape index (κ1) is 29.1. The van der Waals surface area contributed by atoms with Gasteiger partial charge in [-0.3, -0.25) is 14.4 Å². The number of carbonyl (C=O) groups is 4. The number of carbonyl (C=O) groups excluding carboxylic acids is 4. The molecule has 0 aliphatic rings. The van der Waals surface area contributed by atoms with E-state index in [0.717, 1.165) is 16.7 Å². The number of hydrogen-bond donors (Lipinski definition) is 3. The SMILES string of the molecule is CC(C)[C@H](NC(=O)[C@H](Cc1ccccc1)NC(=O)OCc1ccccc1)C(=O)C(=O)NCCc1ccccc1. The van der Waals surface area contributed by atoms with Crippen molar-refractivity contribution in [2.75, 3.05) is 6.54 Å². The van der Waals surface area contributed by atoms with Gasteiger partial charge in [0.1, 0.15) is 12.6 Å². The van der Waals surface area contributed by atoms with Crippen molar-refractivity contribution in [3.05, 3.63) is 108 Å². The largest absolute Gasteiger partial charge is 0.445 e. The maximum atomic E-state index is 13.3. The van der Waals surface area contributed by atoms with E-state index in [4.69, 9.17) is 4.74 Å². The second kappa shape index (κ2) is 15.1. The fourth-order valence-corrected chi connectivity index (χ4v) is 3.95. The zero-order valence-corrected chi connectivity index (χ0v) is 22.3. The molecule has 204 valence electrons. The van der Waals surface area contributed by atoms with Crippen LogP contribution in [0.4, 0.5) is 4.79 Å². The van der Waals surface area contributed by atoms with E-state index in [1.165, 1.54) is 0 Å². The summed E-state index contributed by atoms with van der Waals surface area (Å²) >= 11 is 0. The van der Waals surface area contributed by atoms with Crippen molar-refractivity contribution < 1.29 is 23.9 Å². The molecule has 0 aromatic heterocycles. The molecule has 0 heterocycles. The number of amides is 3. The number of hydrogen-bond acceptors (Lipinski definition) is 5. The molecule has 3 aromatic rings.